The minimum Gasteiger partial charge on any atom is -0.268 e. The molecule has 0 heterocycles. The van der Waals surface area contributed by atoms with E-state index in [-0.39, 0.29) is 11.3 Å². The fourth-order valence-corrected chi connectivity index (χ4v) is 1.45. The van der Waals surface area contributed by atoms with Gasteiger partial charge in [0.05, 0.1) is 0 Å². The van der Waals surface area contributed by atoms with E-state index < -0.39 is 0 Å². The van der Waals surface area contributed by atoms with Gasteiger partial charge in [-0.3, -0.25) is 10.1 Å². The fraction of sp³-hybridized carbons (Fsp3) is 0.333. The van der Waals surface area contributed by atoms with Gasteiger partial charge in [0, 0.05) is 5.56 Å². The van der Waals surface area contributed by atoms with Crippen molar-refractivity contribution in [3.63, 3.8) is 0 Å². The maximum atomic E-state index is 11.6. The Morgan fingerprint density at radius 3 is 2.47 bits per heavy atom. The number of rotatable bonds is 1. The van der Waals surface area contributed by atoms with E-state index in [1.54, 1.807) is 18.3 Å². The van der Waals surface area contributed by atoms with Crippen molar-refractivity contribution in [3.8, 4) is 6.19 Å². The number of carbonyl (C=O) groups is 1. The topological polar surface area (TPSA) is 52.9 Å². The molecule has 3 nitrogen and oxygen atoms in total. The van der Waals surface area contributed by atoms with Gasteiger partial charge < -0.3 is 0 Å². The Morgan fingerprint density at radius 2 is 1.93 bits per heavy atom. The second-order valence-electron chi connectivity index (χ2n) is 4.36. The summed E-state index contributed by atoms with van der Waals surface area (Å²) in [5.74, 6) is -0.344. The molecule has 0 bridgehead atoms. The SMILES string of the molecule is CC(C)(C)c1ccccc1C(=O)NC#N. The summed E-state index contributed by atoms with van der Waals surface area (Å²) in [7, 11) is 0. The molecular weight excluding hydrogens is 188 g/mol. The van der Waals surface area contributed by atoms with Gasteiger partial charge in [-0.15, -0.1) is 0 Å². The quantitative estimate of drug-likeness (QED) is 0.560. The van der Waals surface area contributed by atoms with Gasteiger partial charge in [0.2, 0.25) is 0 Å². The molecule has 1 rings (SSSR count). The average molecular weight is 202 g/mol. The van der Waals surface area contributed by atoms with E-state index in [9.17, 15) is 4.79 Å². The number of amides is 1. The Balaban J connectivity index is 3.20. The van der Waals surface area contributed by atoms with Crippen LogP contribution in [-0.4, -0.2) is 5.91 Å². The van der Waals surface area contributed by atoms with Crippen LogP contribution in [0.25, 0.3) is 0 Å². The monoisotopic (exact) mass is 202 g/mol. The molecule has 0 saturated carbocycles. The molecule has 0 unspecified atom stereocenters. The second kappa shape index (κ2) is 4.14. The van der Waals surface area contributed by atoms with Crippen molar-refractivity contribution >= 4 is 5.91 Å². The Labute approximate surface area is 89.7 Å². The molecule has 0 aliphatic heterocycles. The molecule has 0 atom stereocenters. The smallest absolute Gasteiger partial charge is 0.264 e. The first-order valence-electron chi connectivity index (χ1n) is 4.76. The van der Waals surface area contributed by atoms with Gasteiger partial charge in [0.15, 0.2) is 6.19 Å². The van der Waals surface area contributed by atoms with Gasteiger partial charge in [0.25, 0.3) is 5.91 Å². The van der Waals surface area contributed by atoms with Crippen LogP contribution >= 0.6 is 0 Å². The molecule has 0 aromatic heterocycles. The zero-order chi connectivity index (χ0) is 11.5. The van der Waals surface area contributed by atoms with Gasteiger partial charge in [0.1, 0.15) is 0 Å². The number of benzene rings is 1. The lowest BCUT2D eigenvalue weighted by molar-refractivity contribution is 0.0970. The number of nitriles is 1. The van der Waals surface area contributed by atoms with E-state index in [0.29, 0.717) is 5.56 Å². The van der Waals surface area contributed by atoms with Crippen molar-refractivity contribution < 1.29 is 4.79 Å². The summed E-state index contributed by atoms with van der Waals surface area (Å²) in [5.41, 5.74) is 1.40. The van der Waals surface area contributed by atoms with E-state index in [4.69, 9.17) is 5.26 Å². The number of carbonyl (C=O) groups excluding carboxylic acids is 1. The van der Waals surface area contributed by atoms with Crippen LogP contribution < -0.4 is 5.32 Å². The lowest BCUT2D eigenvalue weighted by atomic mass is 9.83. The molecule has 0 radical (unpaired) electrons. The summed E-state index contributed by atoms with van der Waals surface area (Å²) < 4.78 is 0. The van der Waals surface area contributed by atoms with Gasteiger partial charge in [-0.1, -0.05) is 39.0 Å². The molecule has 0 aliphatic rings. The zero-order valence-corrected chi connectivity index (χ0v) is 9.16. The average Bonchev–Trinajstić information content (AvgIpc) is 2.17. The third-order valence-corrected chi connectivity index (χ3v) is 2.15. The summed E-state index contributed by atoms with van der Waals surface area (Å²) in [6.45, 7) is 6.10. The summed E-state index contributed by atoms with van der Waals surface area (Å²) in [6, 6.07) is 7.32. The molecular formula is C12H14N2O. The minimum atomic E-state index is -0.344. The molecule has 15 heavy (non-hydrogen) atoms. The third-order valence-electron chi connectivity index (χ3n) is 2.15. The Hall–Kier alpha value is -1.82. The van der Waals surface area contributed by atoms with Crippen molar-refractivity contribution in [1.29, 1.82) is 5.26 Å². The normalized spacial score (nSPS) is 10.5. The Kier molecular flexibility index (Phi) is 3.11. The Morgan fingerprint density at radius 1 is 1.33 bits per heavy atom. The van der Waals surface area contributed by atoms with Crippen LogP contribution in [0.4, 0.5) is 0 Å². The van der Waals surface area contributed by atoms with Crippen LogP contribution in [0.15, 0.2) is 24.3 Å². The van der Waals surface area contributed by atoms with Gasteiger partial charge >= 0.3 is 0 Å². The predicted octanol–water partition coefficient (Wildman–Crippen LogP) is 2.19. The highest BCUT2D eigenvalue weighted by Gasteiger charge is 2.20. The third kappa shape index (κ3) is 2.57. The predicted molar refractivity (Wildman–Crippen MR) is 58.2 cm³/mol. The van der Waals surface area contributed by atoms with Crippen LogP contribution in [0.2, 0.25) is 0 Å². The highest BCUT2D eigenvalue weighted by molar-refractivity contribution is 5.96. The van der Waals surface area contributed by atoms with E-state index >= 15 is 0 Å². The van der Waals surface area contributed by atoms with Crippen LogP contribution in [-0.2, 0) is 5.41 Å². The number of nitrogens with zero attached hydrogens (tertiary/aromatic N) is 1. The van der Waals surface area contributed by atoms with Crippen molar-refractivity contribution in [3.05, 3.63) is 35.4 Å². The number of nitrogens with one attached hydrogen (secondary N) is 1. The molecule has 0 aliphatic carbocycles. The molecule has 0 fully saturated rings. The van der Waals surface area contributed by atoms with Gasteiger partial charge in [-0.25, -0.2) is 0 Å². The number of hydrogen-bond acceptors (Lipinski definition) is 2. The van der Waals surface area contributed by atoms with Crippen molar-refractivity contribution in [2.24, 2.45) is 0 Å². The summed E-state index contributed by atoms with van der Waals surface area (Å²) in [5, 5.41) is 10.6. The largest absolute Gasteiger partial charge is 0.268 e. The van der Waals surface area contributed by atoms with E-state index in [1.807, 2.05) is 32.9 Å². The molecule has 0 saturated heterocycles. The van der Waals surface area contributed by atoms with Crippen LogP contribution in [0.5, 0.6) is 0 Å². The summed E-state index contributed by atoms with van der Waals surface area (Å²) in [4.78, 5) is 11.6. The van der Waals surface area contributed by atoms with Gasteiger partial charge in [-0.2, -0.15) is 5.26 Å². The van der Waals surface area contributed by atoms with Crippen LogP contribution in [0.3, 0.4) is 0 Å². The maximum Gasteiger partial charge on any atom is 0.264 e. The first-order chi connectivity index (χ1) is 6.96. The molecule has 1 aromatic carbocycles. The molecule has 1 aromatic rings. The highest BCUT2D eigenvalue weighted by atomic mass is 16.1. The fourth-order valence-electron chi connectivity index (χ4n) is 1.45. The molecule has 3 heteroatoms. The van der Waals surface area contributed by atoms with Crippen molar-refractivity contribution in [2.75, 3.05) is 0 Å². The second-order valence-corrected chi connectivity index (χ2v) is 4.36. The van der Waals surface area contributed by atoms with Crippen LogP contribution in [0, 0.1) is 11.5 Å². The van der Waals surface area contributed by atoms with E-state index in [1.165, 1.54) is 0 Å². The first-order valence-corrected chi connectivity index (χ1v) is 4.76. The first kappa shape index (κ1) is 11.3. The van der Waals surface area contributed by atoms with E-state index in [2.05, 4.69) is 5.32 Å². The van der Waals surface area contributed by atoms with Gasteiger partial charge in [-0.05, 0) is 17.0 Å². The standard InChI is InChI=1S/C12H14N2O/c1-12(2,3)10-7-5-4-6-9(10)11(15)14-8-13/h4-7H,1-3H3,(H,14,15). The lowest BCUT2D eigenvalue weighted by Gasteiger charge is -2.21. The summed E-state index contributed by atoms with van der Waals surface area (Å²) >= 11 is 0. The van der Waals surface area contributed by atoms with Crippen molar-refractivity contribution in [2.45, 2.75) is 26.2 Å². The summed E-state index contributed by atoms with van der Waals surface area (Å²) in [6.07, 6.45) is 1.65. The van der Waals surface area contributed by atoms with E-state index in [0.717, 1.165) is 5.56 Å². The molecule has 1 N–H and O–H groups in total. The molecule has 1 amide bonds. The van der Waals surface area contributed by atoms with Crippen molar-refractivity contribution in [1.82, 2.24) is 5.32 Å². The Bertz CT molecular complexity index is 410. The highest BCUT2D eigenvalue weighted by Crippen LogP contribution is 2.25. The molecule has 0 spiro atoms. The maximum absolute atomic E-state index is 11.6. The zero-order valence-electron chi connectivity index (χ0n) is 9.16. The minimum absolute atomic E-state index is 0.108. The lowest BCUT2D eigenvalue weighted by Crippen LogP contribution is -2.23. The number of hydrogen-bond donors (Lipinski definition) is 1. The molecule has 78 valence electrons. The van der Waals surface area contributed by atoms with Crippen LogP contribution in [0.1, 0.15) is 36.7 Å².